The van der Waals surface area contributed by atoms with E-state index in [0.717, 1.165) is 113 Å². The molecule has 76 heavy (non-hydrogen) atoms. The van der Waals surface area contributed by atoms with Crippen molar-refractivity contribution in [3.63, 3.8) is 0 Å². The average Bonchev–Trinajstić information content (AvgIpc) is 3.64. The van der Waals surface area contributed by atoms with E-state index in [-0.39, 0.29) is 25.3 Å². The number of nitrogens with zero attached hydrogens (tertiary/aromatic N) is 4. The summed E-state index contributed by atoms with van der Waals surface area (Å²) in [4.78, 5) is 9.73. The van der Waals surface area contributed by atoms with E-state index in [1.807, 2.05) is 0 Å². The molecule has 0 spiro atoms. The Morgan fingerprint density at radius 1 is 0.487 bits per heavy atom. The van der Waals surface area contributed by atoms with Crippen LogP contribution in [0.15, 0.2) is 277 Å². The van der Waals surface area contributed by atoms with Crippen molar-refractivity contribution in [3.8, 4) is 17.2 Å². The van der Waals surface area contributed by atoms with Gasteiger partial charge in [-0.2, -0.15) is 0 Å². The Kier molecular flexibility index (Phi) is 9.41. The van der Waals surface area contributed by atoms with Crippen molar-refractivity contribution >= 4 is 86.7 Å². The predicted octanol–water partition coefficient (Wildman–Crippen LogP) is 14.4. The molecule has 9 aromatic carbocycles. The van der Waals surface area contributed by atoms with Crippen LogP contribution in [0.3, 0.4) is 0 Å². The van der Waals surface area contributed by atoms with Crippen molar-refractivity contribution in [3.05, 3.63) is 277 Å². The van der Waals surface area contributed by atoms with Crippen LogP contribution in [0.5, 0.6) is 17.2 Å². The van der Waals surface area contributed by atoms with Gasteiger partial charge in [0.05, 0.1) is 11.2 Å². The molecule has 2 bridgehead atoms. The van der Waals surface area contributed by atoms with Gasteiger partial charge < -0.3 is 33.8 Å². The molecule has 16 rings (SSSR count). The largest absolute Gasteiger partial charge is 0.487 e. The minimum atomic E-state index is -0.596. The average molecular weight is 979 g/mol. The molecule has 0 saturated heterocycles. The van der Waals surface area contributed by atoms with E-state index >= 15 is 0 Å². The van der Waals surface area contributed by atoms with Crippen LogP contribution in [-0.2, 0) is 4.74 Å². The highest BCUT2D eigenvalue weighted by atomic mass is 16.5. The highest BCUT2D eigenvalue weighted by molar-refractivity contribution is 6.93. The van der Waals surface area contributed by atoms with Crippen LogP contribution in [0.25, 0.3) is 0 Å². The molecule has 0 aromatic heterocycles. The second kappa shape index (κ2) is 16.6. The maximum Gasteiger partial charge on any atom is 0.256 e. The van der Waals surface area contributed by atoms with Gasteiger partial charge >= 0.3 is 0 Å². The summed E-state index contributed by atoms with van der Waals surface area (Å²) in [6.45, 7) is 2.11. The van der Waals surface area contributed by atoms with Gasteiger partial charge in [0.2, 0.25) is 6.71 Å². The Labute approximate surface area is 443 Å². The first kappa shape index (κ1) is 43.1. The number of anilines is 10. The van der Waals surface area contributed by atoms with Crippen LogP contribution in [0, 0.1) is 0 Å². The molecule has 0 fully saturated rings. The van der Waals surface area contributed by atoms with Crippen molar-refractivity contribution < 1.29 is 14.2 Å². The van der Waals surface area contributed by atoms with E-state index in [1.165, 1.54) is 5.47 Å². The summed E-state index contributed by atoms with van der Waals surface area (Å²) in [5.74, 6) is 4.09. The molecule has 0 radical (unpaired) electrons. The molecule has 0 amide bonds. The number of allylic oxidation sites excluding steroid dienone is 2. The van der Waals surface area contributed by atoms with Crippen molar-refractivity contribution in [2.75, 3.05) is 19.6 Å². The third-order valence-electron chi connectivity index (χ3n) is 16.7. The lowest BCUT2D eigenvalue weighted by Crippen LogP contribution is -2.64. The Balaban J connectivity index is 0.969. The van der Waals surface area contributed by atoms with Gasteiger partial charge in [0.25, 0.3) is 6.71 Å². The molecule has 5 aliphatic heterocycles. The Bertz CT molecular complexity index is 3870. The number of ether oxygens (including phenoxy) is 3. The molecule has 9 heteroatoms. The van der Waals surface area contributed by atoms with Crippen LogP contribution >= 0.6 is 0 Å². The lowest BCUT2D eigenvalue weighted by Gasteiger charge is -2.56. The molecule has 360 valence electrons. The quantitative estimate of drug-likeness (QED) is 0.141. The molecule has 0 N–H and O–H groups in total. The van der Waals surface area contributed by atoms with Gasteiger partial charge in [-0.15, -0.1) is 0 Å². The predicted molar refractivity (Wildman–Crippen MR) is 310 cm³/mol. The van der Waals surface area contributed by atoms with E-state index in [1.54, 1.807) is 0 Å². The molecule has 0 saturated carbocycles. The van der Waals surface area contributed by atoms with E-state index in [0.29, 0.717) is 6.42 Å². The molecule has 3 unspecified atom stereocenters. The smallest absolute Gasteiger partial charge is 0.256 e. The zero-order chi connectivity index (χ0) is 50.1. The fourth-order valence-electron chi connectivity index (χ4n) is 13.8. The fraction of sp³-hybridized carbons (Fsp3) is 0.0746. The molecule has 5 heterocycles. The van der Waals surface area contributed by atoms with Gasteiger partial charge in [0.1, 0.15) is 34.9 Å². The number of benzene rings is 9. The Hall–Kier alpha value is -9.33. The summed E-state index contributed by atoms with van der Waals surface area (Å²) >= 11 is 0. The zero-order valence-electron chi connectivity index (χ0n) is 41.7. The SMILES string of the molecule is CC12CC(N(c3ccccc3)c3ccccc3)=CC3=C1B1C4=CC5B6c7c(cccc7N(c7ccccc7)c7cc(N(c8ccccc8)c8ccccc8)cc(c76)OC5C=C4O3)Oc3cccc(c31)N2c1ccccc1. The summed E-state index contributed by atoms with van der Waals surface area (Å²) in [6, 6.07) is 82.2. The van der Waals surface area contributed by atoms with Gasteiger partial charge in [-0.1, -0.05) is 127 Å². The first-order valence-corrected chi connectivity index (χ1v) is 26.4. The highest BCUT2D eigenvalue weighted by Gasteiger charge is 2.59. The number of hydrogen-bond acceptors (Lipinski definition) is 7. The van der Waals surface area contributed by atoms with Gasteiger partial charge in [0, 0.05) is 75.2 Å². The maximum absolute atomic E-state index is 7.69. The highest BCUT2D eigenvalue weighted by Crippen LogP contribution is 2.57. The van der Waals surface area contributed by atoms with Crippen LogP contribution in [0.4, 0.5) is 56.9 Å². The number of rotatable bonds is 8. The summed E-state index contributed by atoms with van der Waals surface area (Å²) in [7, 11) is 0. The fourth-order valence-corrected chi connectivity index (χ4v) is 13.8. The second-order valence-electron chi connectivity index (χ2n) is 20.9. The Morgan fingerprint density at radius 2 is 1.03 bits per heavy atom. The summed E-state index contributed by atoms with van der Waals surface area (Å²) in [5.41, 5.74) is 17.1. The standard InChI is InChI=1S/C67H48B2N4O3/c1-67-43-51(71(46-26-12-4-13-27-46)47-28-14-5-15-29-47)40-62-66(67)69-53-41-52-59(42-60(53)76-62)75-61-39-50(70(44-22-8-2-9-23-44)45-24-10-3-11-25-45)38-56-65(61)68(52)63-54(72(56)48-30-16-6-17-31-48)34-20-36-57(63)74-58-37-21-35-55(64(58)69)73(67)49-32-18-7-19-33-49/h2-42,52,59H,43H2,1H3. The molecular weight excluding hydrogens is 930 g/mol. The number of para-hydroxylation sites is 6. The normalized spacial score (nSPS) is 19.5. The van der Waals surface area contributed by atoms with Crippen molar-refractivity contribution in [1.82, 2.24) is 0 Å². The second-order valence-corrected chi connectivity index (χ2v) is 20.9. The molecule has 7 nitrogen and oxygen atoms in total. The zero-order valence-corrected chi connectivity index (χ0v) is 41.7. The maximum atomic E-state index is 7.69. The van der Waals surface area contributed by atoms with Crippen molar-refractivity contribution in [1.29, 1.82) is 0 Å². The summed E-state index contributed by atoms with van der Waals surface area (Å²) in [6.07, 6.45) is 7.49. The van der Waals surface area contributed by atoms with Crippen molar-refractivity contribution in [2.45, 2.75) is 30.8 Å². The van der Waals surface area contributed by atoms with Gasteiger partial charge in [0.15, 0.2) is 0 Å². The van der Waals surface area contributed by atoms with Crippen LogP contribution < -0.4 is 45.5 Å². The monoisotopic (exact) mass is 978 g/mol. The van der Waals surface area contributed by atoms with Crippen LogP contribution in [0.1, 0.15) is 13.3 Å². The van der Waals surface area contributed by atoms with Gasteiger partial charge in [-0.3, -0.25) is 0 Å². The van der Waals surface area contributed by atoms with E-state index in [4.69, 9.17) is 14.2 Å². The topological polar surface area (TPSA) is 40.7 Å². The van der Waals surface area contributed by atoms with E-state index in [9.17, 15) is 0 Å². The van der Waals surface area contributed by atoms with E-state index < -0.39 is 5.54 Å². The first-order chi connectivity index (χ1) is 37.6. The molecule has 9 aromatic rings. The number of hydrogen-bond donors (Lipinski definition) is 0. The van der Waals surface area contributed by atoms with Gasteiger partial charge in [-0.25, -0.2) is 0 Å². The lowest BCUT2D eigenvalue weighted by molar-refractivity contribution is 0.230. The minimum Gasteiger partial charge on any atom is -0.487 e. The summed E-state index contributed by atoms with van der Waals surface area (Å²) < 4.78 is 22.9. The minimum absolute atomic E-state index is 0.101. The molecular formula is C67H48B2N4O3. The molecule has 7 aliphatic rings. The van der Waals surface area contributed by atoms with Crippen LogP contribution in [0.2, 0.25) is 5.82 Å². The van der Waals surface area contributed by atoms with Crippen molar-refractivity contribution in [2.24, 2.45) is 0 Å². The third-order valence-corrected chi connectivity index (χ3v) is 16.7. The van der Waals surface area contributed by atoms with E-state index in [2.05, 4.69) is 275 Å². The van der Waals surface area contributed by atoms with Crippen LogP contribution in [-0.4, -0.2) is 25.1 Å². The lowest BCUT2D eigenvalue weighted by atomic mass is 9.25. The molecule has 2 aliphatic carbocycles. The molecule has 3 atom stereocenters. The first-order valence-electron chi connectivity index (χ1n) is 26.4. The summed E-state index contributed by atoms with van der Waals surface area (Å²) in [5, 5.41) is 0. The third kappa shape index (κ3) is 6.32. The Morgan fingerprint density at radius 3 is 1.64 bits per heavy atom. The van der Waals surface area contributed by atoms with Gasteiger partial charge in [-0.05, 0) is 150 Å².